The average Bonchev–Trinajstić information content (AvgIpc) is 3.09. The lowest BCUT2D eigenvalue weighted by atomic mass is 10.4. The van der Waals surface area contributed by atoms with Gasteiger partial charge in [-0.05, 0) is 28.7 Å². The second-order valence-electron chi connectivity index (χ2n) is 4.39. The first-order chi connectivity index (χ1) is 10.3. The predicted molar refractivity (Wildman–Crippen MR) is 84.4 cm³/mol. The van der Waals surface area contributed by atoms with Crippen molar-refractivity contribution in [2.45, 2.75) is 6.61 Å². The van der Waals surface area contributed by atoms with Crippen LogP contribution in [0.2, 0.25) is 0 Å². The van der Waals surface area contributed by atoms with E-state index in [-0.39, 0.29) is 0 Å². The van der Waals surface area contributed by atoms with Gasteiger partial charge in [0, 0.05) is 25.1 Å². The van der Waals surface area contributed by atoms with Crippen LogP contribution in [0.25, 0.3) is 11.3 Å². The van der Waals surface area contributed by atoms with Crippen LogP contribution in [0.4, 0.5) is 0 Å². The van der Waals surface area contributed by atoms with Gasteiger partial charge in [0.2, 0.25) is 0 Å². The predicted octanol–water partition coefficient (Wildman–Crippen LogP) is 1.68. The van der Waals surface area contributed by atoms with Gasteiger partial charge in [0.05, 0.1) is 32.2 Å². The van der Waals surface area contributed by atoms with E-state index in [2.05, 4.69) is 37.8 Å². The molecule has 0 fully saturated rings. The molecule has 3 aromatic rings. The van der Waals surface area contributed by atoms with Crippen LogP contribution in [0.3, 0.4) is 0 Å². The highest BCUT2D eigenvalue weighted by Gasteiger charge is 2.09. The standard InChI is InChI=1S/C13H14IN5O2/c1-20-4-5-21-9-10-6-15-19(8-10)11-7-16-18-3-2-12(14)17-13(11)18/h2-3,6-8H,4-5,9H2,1H3. The minimum Gasteiger partial charge on any atom is -0.382 e. The largest absolute Gasteiger partial charge is 0.382 e. The van der Waals surface area contributed by atoms with Gasteiger partial charge in [-0.25, -0.2) is 14.2 Å². The maximum atomic E-state index is 5.48. The summed E-state index contributed by atoms with van der Waals surface area (Å²) in [6, 6.07) is 1.91. The van der Waals surface area contributed by atoms with Crippen LogP contribution >= 0.6 is 22.6 Å². The summed E-state index contributed by atoms with van der Waals surface area (Å²) in [5.41, 5.74) is 2.62. The molecule has 110 valence electrons. The molecular formula is C13H14IN5O2. The molecule has 21 heavy (non-hydrogen) atoms. The molecule has 0 amide bonds. The first kappa shape index (κ1) is 14.4. The molecule has 0 spiro atoms. The lowest BCUT2D eigenvalue weighted by Gasteiger charge is -2.00. The molecular weight excluding hydrogens is 385 g/mol. The van der Waals surface area contributed by atoms with Gasteiger partial charge in [-0.3, -0.25) is 0 Å². The molecule has 3 rings (SSSR count). The molecule has 0 atom stereocenters. The number of methoxy groups -OCH3 is 1. The Labute approximate surface area is 135 Å². The van der Waals surface area contributed by atoms with Gasteiger partial charge in [0.25, 0.3) is 0 Å². The Kier molecular flexibility index (Phi) is 4.46. The number of rotatable bonds is 6. The number of aromatic nitrogens is 5. The Morgan fingerprint density at radius 1 is 1.24 bits per heavy atom. The summed E-state index contributed by atoms with van der Waals surface area (Å²) in [7, 11) is 1.65. The van der Waals surface area contributed by atoms with Crippen molar-refractivity contribution in [2.24, 2.45) is 0 Å². The Morgan fingerprint density at radius 2 is 2.14 bits per heavy atom. The number of hydrogen-bond donors (Lipinski definition) is 0. The summed E-state index contributed by atoms with van der Waals surface area (Å²) in [4.78, 5) is 4.49. The quantitative estimate of drug-likeness (QED) is 0.359. The van der Waals surface area contributed by atoms with Crippen LogP contribution in [-0.4, -0.2) is 44.7 Å². The first-order valence-electron chi connectivity index (χ1n) is 6.38. The second kappa shape index (κ2) is 6.50. The van der Waals surface area contributed by atoms with Crippen molar-refractivity contribution in [1.82, 2.24) is 24.4 Å². The van der Waals surface area contributed by atoms with Crippen LogP contribution in [-0.2, 0) is 16.1 Å². The van der Waals surface area contributed by atoms with E-state index in [9.17, 15) is 0 Å². The number of hydrogen-bond acceptors (Lipinski definition) is 5. The van der Waals surface area contributed by atoms with Gasteiger partial charge in [0.15, 0.2) is 5.65 Å². The van der Waals surface area contributed by atoms with Crippen LogP contribution < -0.4 is 0 Å². The third kappa shape index (κ3) is 3.22. The molecule has 7 nitrogen and oxygen atoms in total. The third-order valence-electron chi connectivity index (χ3n) is 2.90. The Balaban J connectivity index is 1.80. The zero-order valence-electron chi connectivity index (χ0n) is 11.4. The summed E-state index contributed by atoms with van der Waals surface area (Å²) in [5, 5.41) is 8.62. The second-order valence-corrected chi connectivity index (χ2v) is 5.49. The molecule has 3 aromatic heterocycles. The van der Waals surface area contributed by atoms with Crippen molar-refractivity contribution >= 4 is 28.2 Å². The molecule has 0 aliphatic carbocycles. The topological polar surface area (TPSA) is 66.5 Å². The molecule has 3 heterocycles. The number of ether oxygens (including phenoxy) is 2. The van der Waals surface area contributed by atoms with E-state index in [1.807, 2.05) is 18.5 Å². The van der Waals surface area contributed by atoms with Gasteiger partial charge in [0.1, 0.15) is 9.39 Å². The molecule has 0 bridgehead atoms. The molecule has 0 radical (unpaired) electrons. The van der Waals surface area contributed by atoms with Gasteiger partial charge < -0.3 is 9.47 Å². The van der Waals surface area contributed by atoms with Crippen molar-refractivity contribution in [2.75, 3.05) is 20.3 Å². The van der Waals surface area contributed by atoms with Gasteiger partial charge in [-0.15, -0.1) is 0 Å². The van der Waals surface area contributed by atoms with E-state index in [1.54, 1.807) is 28.7 Å². The highest BCUT2D eigenvalue weighted by molar-refractivity contribution is 14.1. The molecule has 0 aromatic carbocycles. The first-order valence-corrected chi connectivity index (χ1v) is 7.46. The smallest absolute Gasteiger partial charge is 0.182 e. The lowest BCUT2D eigenvalue weighted by Crippen LogP contribution is -2.01. The zero-order chi connectivity index (χ0) is 14.7. The van der Waals surface area contributed by atoms with Crippen LogP contribution in [0.5, 0.6) is 0 Å². The zero-order valence-corrected chi connectivity index (χ0v) is 13.6. The normalized spacial score (nSPS) is 11.3. The van der Waals surface area contributed by atoms with Gasteiger partial charge >= 0.3 is 0 Å². The fraction of sp³-hybridized carbons (Fsp3) is 0.308. The van der Waals surface area contributed by atoms with Crippen molar-refractivity contribution in [3.05, 3.63) is 40.1 Å². The molecule has 0 saturated heterocycles. The minimum absolute atomic E-state index is 0.507. The summed E-state index contributed by atoms with van der Waals surface area (Å²) >= 11 is 2.18. The number of halogens is 1. The summed E-state index contributed by atoms with van der Waals surface area (Å²) in [6.07, 6.45) is 7.34. The fourth-order valence-electron chi connectivity index (χ4n) is 1.90. The summed E-state index contributed by atoms with van der Waals surface area (Å²) in [5.74, 6) is 0. The molecule has 0 aliphatic heterocycles. The van der Waals surface area contributed by atoms with Gasteiger partial charge in [-0.2, -0.15) is 10.2 Å². The summed E-state index contributed by atoms with van der Waals surface area (Å²) < 4.78 is 14.8. The third-order valence-corrected chi connectivity index (χ3v) is 3.50. The monoisotopic (exact) mass is 399 g/mol. The minimum atomic E-state index is 0.507. The van der Waals surface area contributed by atoms with E-state index < -0.39 is 0 Å². The highest BCUT2D eigenvalue weighted by atomic mass is 127. The summed E-state index contributed by atoms with van der Waals surface area (Å²) in [6.45, 7) is 1.66. The maximum absolute atomic E-state index is 5.48. The van der Waals surface area contributed by atoms with Crippen molar-refractivity contribution < 1.29 is 9.47 Å². The van der Waals surface area contributed by atoms with Crippen LogP contribution in [0, 0.1) is 3.70 Å². The van der Waals surface area contributed by atoms with E-state index >= 15 is 0 Å². The molecule has 0 unspecified atom stereocenters. The Hall–Kier alpha value is -1.52. The molecule has 0 saturated carbocycles. The lowest BCUT2D eigenvalue weighted by molar-refractivity contribution is 0.0616. The van der Waals surface area contributed by atoms with E-state index in [1.165, 1.54) is 0 Å². The SMILES string of the molecule is COCCOCc1cnn(-c2cnn3ccc(I)nc23)c1. The molecule has 0 aliphatic rings. The maximum Gasteiger partial charge on any atom is 0.182 e. The molecule has 0 N–H and O–H groups in total. The van der Waals surface area contributed by atoms with Gasteiger partial charge in [-0.1, -0.05) is 0 Å². The highest BCUT2D eigenvalue weighted by Crippen LogP contribution is 2.15. The Morgan fingerprint density at radius 3 is 3.00 bits per heavy atom. The van der Waals surface area contributed by atoms with Crippen LogP contribution in [0.15, 0.2) is 30.9 Å². The van der Waals surface area contributed by atoms with Crippen LogP contribution in [0.1, 0.15) is 5.56 Å². The van der Waals surface area contributed by atoms with Crippen molar-refractivity contribution in [3.8, 4) is 5.69 Å². The number of fused-ring (bicyclic) bond motifs is 1. The fourth-order valence-corrected chi connectivity index (χ4v) is 2.28. The van der Waals surface area contributed by atoms with E-state index in [0.717, 1.165) is 20.6 Å². The average molecular weight is 399 g/mol. The van der Waals surface area contributed by atoms with Crippen molar-refractivity contribution in [1.29, 1.82) is 0 Å². The van der Waals surface area contributed by atoms with E-state index in [4.69, 9.17) is 9.47 Å². The number of nitrogens with zero attached hydrogens (tertiary/aromatic N) is 5. The van der Waals surface area contributed by atoms with Crippen molar-refractivity contribution in [3.63, 3.8) is 0 Å². The molecule has 8 heteroatoms. The Bertz CT molecular complexity index is 739. The van der Waals surface area contributed by atoms with E-state index in [0.29, 0.717) is 19.8 Å².